The van der Waals surface area contributed by atoms with E-state index in [0.717, 1.165) is 10.0 Å². The Morgan fingerprint density at radius 2 is 2.06 bits per heavy atom. The number of nitrogens with zero attached hydrogens (tertiary/aromatic N) is 1. The molecule has 0 spiro atoms. The normalized spacial score (nSPS) is 11.8. The standard InChI is InChI=1S/C13H16BrNO2/c1-13(2,3)15-8-10-7-9(12(16)17-4)5-6-11(10)14/h5-8H,1-4H3/b15-8+. The van der Waals surface area contributed by atoms with E-state index in [0.29, 0.717) is 5.56 Å². The summed E-state index contributed by atoms with van der Waals surface area (Å²) in [5.41, 5.74) is 1.25. The fraction of sp³-hybridized carbons (Fsp3) is 0.385. The van der Waals surface area contributed by atoms with Crippen LogP contribution in [0.25, 0.3) is 0 Å². The van der Waals surface area contributed by atoms with Gasteiger partial charge in [0.2, 0.25) is 0 Å². The largest absolute Gasteiger partial charge is 0.465 e. The fourth-order valence-electron chi connectivity index (χ4n) is 1.15. The number of rotatable bonds is 2. The summed E-state index contributed by atoms with van der Waals surface area (Å²) in [6, 6.07) is 5.28. The van der Waals surface area contributed by atoms with Crippen LogP contribution in [0.4, 0.5) is 0 Å². The van der Waals surface area contributed by atoms with Crippen molar-refractivity contribution in [1.82, 2.24) is 0 Å². The molecule has 3 nitrogen and oxygen atoms in total. The predicted molar refractivity (Wildman–Crippen MR) is 72.8 cm³/mol. The monoisotopic (exact) mass is 297 g/mol. The van der Waals surface area contributed by atoms with E-state index >= 15 is 0 Å². The van der Waals surface area contributed by atoms with Gasteiger partial charge in [0, 0.05) is 16.3 Å². The van der Waals surface area contributed by atoms with Crippen molar-refractivity contribution in [3.63, 3.8) is 0 Å². The number of carbonyl (C=O) groups is 1. The maximum atomic E-state index is 11.4. The summed E-state index contributed by atoms with van der Waals surface area (Å²) in [5.74, 6) is -0.345. The van der Waals surface area contributed by atoms with Crippen LogP contribution >= 0.6 is 15.9 Å². The minimum atomic E-state index is -0.345. The van der Waals surface area contributed by atoms with Crippen molar-refractivity contribution in [1.29, 1.82) is 0 Å². The maximum Gasteiger partial charge on any atom is 0.337 e. The highest BCUT2D eigenvalue weighted by atomic mass is 79.9. The Kier molecular flexibility index (Phi) is 4.46. The molecule has 0 aliphatic heterocycles. The number of hydrogen-bond acceptors (Lipinski definition) is 3. The average Bonchev–Trinajstić information content (AvgIpc) is 2.26. The Hall–Kier alpha value is -1.16. The SMILES string of the molecule is COC(=O)c1ccc(Br)c(/C=N/C(C)(C)C)c1. The second-order valence-corrected chi connectivity index (χ2v) is 5.51. The van der Waals surface area contributed by atoms with Crippen LogP contribution in [0.1, 0.15) is 36.7 Å². The highest BCUT2D eigenvalue weighted by molar-refractivity contribution is 9.10. The van der Waals surface area contributed by atoms with E-state index in [1.165, 1.54) is 7.11 Å². The van der Waals surface area contributed by atoms with E-state index in [4.69, 9.17) is 0 Å². The predicted octanol–water partition coefficient (Wildman–Crippen LogP) is 3.45. The Labute approximate surface area is 110 Å². The molecular weight excluding hydrogens is 282 g/mol. The smallest absolute Gasteiger partial charge is 0.337 e. The highest BCUT2D eigenvalue weighted by Crippen LogP contribution is 2.18. The number of benzene rings is 1. The minimum Gasteiger partial charge on any atom is -0.465 e. The van der Waals surface area contributed by atoms with Crippen LogP contribution in [0, 0.1) is 0 Å². The summed E-state index contributed by atoms with van der Waals surface area (Å²) in [6.07, 6.45) is 1.76. The Bertz CT molecular complexity index is 447. The molecule has 0 saturated carbocycles. The van der Waals surface area contributed by atoms with Crippen LogP contribution in [0.2, 0.25) is 0 Å². The zero-order valence-electron chi connectivity index (χ0n) is 10.5. The molecule has 0 fully saturated rings. The second kappa shape index (κ2) is 5.45. The van der Waals surface area contributed by atoms with Crippen molar-refractivity contribution in [2.75, 3.05) is 7.11 Å². The van der Waals surface area contributed by atoms with Crippen molar-refractivity contribution < 1.29 is 9.53 Å². The van der Waals surface area contributed by atoms with Gasteiger partial charge < -0.3 is 4.74 Å². The molecule has 0 aromatic heterocycles. The summed E-state index contributed by atoms with van der Waals surface area (Å²) in [5, 5.41) is 0. The first-order valence-corrected chi connectivity index (χ1v) is 6.06. The average molecular weight is 298 g/mol. The molecule has 1 aromatic carbocycles. The molecule has 92 valence electrons. The van der Waals surface area contributed by atoms with Crippen LogP contribution < -0.4 is 0 Å². The van der Waals surface area contributed by atoms with Gasteiger partial charge in [0.1, 0.15) is 0 Å². The first-order chi connectivity index (χ1) is 7.83. The van der Waals surface area contributed by atoms with Crippen LogP contribution in [0.15, 0.2) is 27.7 Å². The van der Waals surface area contributed by atoms with Crippen molar-refractivity contribution in [2.45, 2.75) is 26.3 Å². The number of methoxy groups -OCH3 is 1. The minimum absolute atomic E-state index is 0.138. The summed E-state index contributed by atoms with van der Waals surface area (Å²) in [6.45, 7) is 6.05. The molecule has 17 heavy (non-hydrogen) atoms. The molecule has 0 amide bonds. The molecular formula is C13H16BrNO2. The van der Waals surface area contributed by atoms with Crippen LogP contribution in [-0.4, -0.2) is 24.8 Å². The third-order valence-corrected chi connectivity index (χ3v) is 2.73. The third kappa shape index (κ3) is 4.30. The molecule has 0 heterocycles. The molecule has 0 saturated heterocycles. The van der Waals surface area contributed by atoms with Crippen LogP contribution in [-0.2, 0) is 4.74 Å². The van der Waals surface area contributed by atoms with E-state index in [-0.39, 0.29) is 11.5 Å². The van der Waals surface area contributed by atoms with Crippen molar-refractivity contribution in [3.05, 3.63) is 33.8 Å². The Balaban J connectivity index is 3.07. The van der Waals surface area contributed by atoms with Gasteiger partial charge in [-0.15, -0.1) is 0 Å². The zero-order valence-corrected chi connectivity index (χ0v) is 12.0. The van der Waals surface area contributed by atoms with Gasteiger partial charge in [-0.3, -0.25) is 4.99 Å². The van der Waals surface area contributed by atoms with Crippen LogP contribution in [0.3, 0.4) is 0 Å². The molecule has 0 N–H and O–H groups in total. The zero-order chi connectivity index (χ0) is 13.1. The van der Waals surface area contributed by atoms with Gasteiger partial charge in [0.25, 0.3) is 0 Å². The first-order valence-electron chi connectivity index (χ1n) is 5.26. The van der Waals surface area contributed by atoms with Crippen molar-refractivity contribution in [2.24, 2.45) is 4.99 Å². The molecule has 1 aromatic rings. The lowest BCUT2D eigenvalue weighted by Crippen LogP contribution is -2.10. The molecule has 4 heteroatoms. The summed E-state index contributed by atoms with van der Waals surface area (Å²) in [7, 11) is 1.37. The molecule has 0 aliphatic rings. The molecule has 0 bridgehead atoms. The highest BCUT2D eigenvalue weighted by Gasteiger charge is 2.09. The van der Waals surface area contributed by atoms with Gasteiger partial charge in [-0.1, -0.05) is 15.9 Å². The number of ether oxygens (including phenoxy) is 1. The van der Waals surface area contributed by atoms with Gasteiger partial charge in [0.05, 0.1) is 18.2 Å². The third-order valence-electron chi connectivity index (χ3n) is 2.01. The quantitative estimate of drug-likeness (QED) is 0.619. The molecule has 0 atom stereocenters. The number of hydrogen-bond donors (Lipinski definition) is 0. The topological polar surface area (TPSA) is 38.7 Å². The van der Waals surface area contributed by atoms with Gasteiger partial charge in [-0.25, -0.2) is 4.79 Å². The maximum absolute atomic E-state index is 11.4. The molecule has 0 aliphatic carbocycles. The lowest BCUT2D eigenvalue weighted by atomic mass is 10.1. The second-order valence-electron chi connectivity index (χ2n) is 4.66. The summed E-state index contributed by atoms with van der Waals surface area (Å²) >= 11 is 3.43. The molecule has 0 unspecified atom stereocenters. The van der Waals surface area contributed by atoms with Gasteiger partial charge in [-0.05, 0) is 39.0 Å². The Morgan fingerprint density at radius 1 is 1.41 bits per heavy atom. The molecule has 1 rings (SSSR count). The number of carbonyl (C=O) groups excluding carboxylic acids is 1. The number of aliphatic imine (C=N–C) groups is 1. The van der Waals surface area contributed by atoms with Crippen molar-refractivity contribution in [3.8, 4) is 0 Å². The lowest BCUT2D eigenvalue weighted by Gasteiger charge is -2.11. The van der Waals surface area contributed by atoms with E-state index in [1.807, 2.05) is 26.8 Å². The van der Waals surface area contributed by atoms with Gasteiger partial charge in [0.15, 0.2) is 0 Å². The van der Waals surface area contributed by atoms with E-state index in [2.05, 4.69) is 25.7 Å². The number of esters is 1. The van der Waals surface area contributed by atoms with Crippen molar-refractivity contribution >= 4 is 28.1 Å². The number of halogens is 1. The van der Waals surface area contributed by atoms with E-state index in [9.17, 15) is 4.79 Å². The lowest BCUT2D eigenvalue weighted by molar-refractivity contribution is 0.0600. The summed E-state index contributed by atoms with van der Waals surface area (Å²) < 4.78 is 5.58. The van der Waals surface area contributed by atoms with E-state index in [1.54, 1.807) is 18.3 Å². The first kappa shape index (κ1) is 13.9. The Morgan fingerprint density at radius 3 is 2.59 bits per heavy atom. The van der Waals surface area contributed by atoms with Gasteiger partial charge in [-0.2, -0.15) is 0 Å². The van der Waals surface area contributed by atoms with Gasteiger partial charge >= 0.3 is 5.97 Å². The molecule has 0 radical (unpaired) electrons. The van der Waals surface area contributed by atoms with E-state index < -0.39 is 0 Å². The van der Waals surface area contributed by atoms with Crippen LogP contribution in [0.5, 0.6) is 0 Å². The fourth-order valence-corrected chi connectivity index (χ4v) is 1.50. The summed E-state index contributed by atoms with van der Waals surface area (Å²) in [4.78, 5) is 15.8.